The van der Waals surface area contributed by atoms with Gasteiger partial charge >= 0.3 is 16.4 Å². The van der Waals surface area contributed by atoms with Crippen molar-refractivity contribution in [2.45, 2.75) is 20.0 Å². The Labute approximate surface area is 122 Å². The molecule has 21 heavy (non-hydrogen) atoms. The van der Waals surface area contributed by atoms with Crippen molar-refractivity contribution in [3.8, 4) is 11.8 Å². The van der Waals surface area contributed by atoms with E-state index in [0.717, 1.165) is 0 Å². The number of carbonyl (C=O) groups excluding carboxylic acids is 1. The van der Waals surface area contributed by atoms with Crippen molar-refractivity contribution >= 4 is 22.4 Å². The van der Waals surface area contributed by atoms with E-state index in [0.29, 0.717) is 5.56 Å². The van der Waals surface area contributed by atoms with Crippen LogP contribution >= 0.6 is 0 Å². The number of hydrogen-bond acceptors (Lipinski definition) is 6. The monoisotopic (exact) mass is 311 g/mol. The van der Waals surface area contributed by atoms with Gasteiger partial charge in [0.15, 0.2) is 0 Å². The van der Waals surface area contributed by atoms with Crippen LogP contribution in [-0.2, 0) is 19.9 Å². The second-order valence-corrected chi connectivity index (χ2v) is 5.23. The zero-order valence-electron chi connectivity index (χ0n) is 11.3. The summed E-state index contributed by atoms with van der Waals surface area (Å²) in [5, 5.41) is 8.92. The summed E-state index contributed by atoms with van der Waals surface area (Å²) in [6.07, 6.45) is 0.946. The van der Waals surface area contributed by atoms with Gasteiger partial charge in [0.2, 0.25) is 0 Å². The van der Waals surface area contributed by atoms with E-state index in [2.05, 4.69) is 4.18 Å². The molecule has 0 unspecified atom stereocenters. The van der Waals surface area contributed by atoms with E-state index in [1.807, 2.05) is 0 Å². The topological polar surface area (TPSA) is 114 Å². The van der Waals surface area contributed by atoms with Crippen molar-refractivity contribution < 1.29 is 26.7 Å². The minimum atomic E-state index is -4.59. The molecule has 0 saturated carbocycles. The van der Waals surface area contributed by atoms with E-state index in [-0.39, 0.29) is 17.4 Å². The third-order valence-corrected chi connectivity index (χ3v) is 2.48. The molecule has 1 aromatic carbocycles. The molecule has 0 aliphatic carbocycles. The van der Waals surface area contributed by atoms with Crippen LogP contribution in [0.2, 0.25) is 0 Å². The van der Waals surface area contributed by atoms with Crippen molar-refractivity contribution in [2.24, 2.45) is 0 Å². The SMILES string of the molecule is CC(C)OC(=O)C(C#N)=Cc1ccc(OS(=O)(=O)O)cc1. The molecule has 0 atom stereocenters. The molecule has 0 fully saturated rings. The largest absolute Gasteiger partial charge is 0.459 e. The number of ether oxygens (including phenoxy) is 1. The zero-order valence-corrected chi connectivity index (χ0v) is 12.1. The molecule has 0 heterocycles. The fourth-order valence-electron chi connectivity index (χ4n) is 1.32. The molecule has 7 nitrogen and oxygen atoms in total. The summed E-state index contributed by atoms with van der Waals surface area (Å²) in [6.45, 7) is 3.32. The highest BCUT2D eigenvalue weighted by molar-refractivity contribution is 7.81. The molecule has 0 spiro atoms. The van der Waals surface area contributed by atoms with Crippen molar-refractivity contribution in [2.75, 3.05) is 0 Å². The summed E-state index contributed by atoms with van der Waals surface area (Å²) >= 11 is 0. The fraction of sp³-hybridized carbons (Fsp3) is 0.231. The number of esters is 1. The first-order chi connectivity index (χ1) is 9.71. The molecular weight excluding hydrogens is 298 g/mol. The third-order valence-electron chi connectivity index (χ3n) is 2.08. The van der Waals surface area contributed by atoms with Crippen molar-refractivity contribution in [1.82, 2.24) is 0 Å². The average molecular weight is 311 g/mol. The highest BCUT2D eigenvalue weighted by atomic mass is 32.3. The highest BCUT2D eigenvalue weighted by Gasteiger charge is 2.12. The maximum atomic E-state index is 11.6. The van der Waals surface area contributed by atoms with Gasteiger partial charge in [0.25, 0.3) is 0 Å². The lowest BCUT2D eigenvalue weighted by Crippen LogP contribution is -2.12. The van der Waals surface area contributed by atoms with Gasteiger partial charge < -0.3 is 8.92 Å². The molecule has 1 N–H and O–H groups in total. The van der Waals surface area contributed by atoms with Crippen LogP contribution in [-0.4, -0.2) is 25.0 Å². The predicted octanol–water partition coefficient (Wildman–Crippen LogP) is 1.73. The van der Waals surface area contributed by atoms with Crippen LogP contribution in [0.4, 0.5) is 0 Å². The van der Waals surface area contributed by atoms with Gasteiger partial charge in [0, 0.05) is 0 Å². The van der Waals surface area contributed by atoms with Gasteiger partial charge in [-0.2, -0.15) is 13.7 Å². The summed E-state index contributed by atoms with van der Waals surface area (Å²) in [4.78, 5) is 11.6. The summed E-state index contributed by atoms with van der Waals surface area (Å²) in [5.74, 6) is -0.844. The number of nitrogens with zero attached hydrogens (tertiary/aromatic N) is 1. The van der Waals surface area contributed by atoms with Gasteiger partial charge in [0.1, 0.15) is 17.4 Å². The van der Waals surface area contributed by atoms with E-state index in [4.69, 9.17) is 14.6 Å². The van der Waals surface area contributed by atoms with E-state index < -0.39 is 16.4 Å². The standard InChI is InChI=1S/C13H13NO6S/c1-9(2)19-13(15)11(8-14)7-10-3-5-12(6-4-10)20-21(16,17)18/h3-7,9H,1-2H3,(H,16,17,18). The Hall–Kier alpha value is -2.37. The molecular formula is C13H13NO6S. The molecule has 0 bridgehead atoms. The van der Waals surface area contributed by atoms with Crippen LogP contribution in [0.1, 0.15) is 19.4 Å². The smallest absolute Gasteiger partial charge is 0.446 e. The number of rotatable bonds is 5. The predicted molar refractivity (Wildman–Crippen MR) is 73.4 cm³/mol. The van der Waals surface area contributed by atoms with Crippen LogP contribution in [0, 0.1) is 11.3 Å². The Kier molecular flexibility index (Phi) is 5.46. The second kappa shape index (κ2) is 6.88. The van der Waals surface area contributed by atoms with E-state index >= 15 is 0 Å². The van der Waals surface area contributed by atoms with Crippen LogP contribution in [0.3, 0.4) is 0 Å². The van der Waals surface area contributed by atoms with Crippen LogP contribution in [0.15, 0.2) is 29.8 Å². The normalized spacial score (nSPS) is 11.9. The Balaban J connectivity index is 2.93. The molecule has 0 aromatic heterocycles. The van der Waals surface area contributed by atoms with Gasteiger partial charge in [-0.25, -0.2) is 4.79 Å². The number of hydrogen-bond donors (Lipinski definition) is 1. The van der Waals surface area contributed by atoms with Gasteiger partial charge in [-0.05, 0) is 37.6 Å². The summed E-state index contributed by atoms with van der Waals surface area (Å²) in [5.41, 5.74) is 0.280. The maximum absolute atomic E-state index is 11.6. The number of benzene rings is 1. The molecule has 0 aliphatic heterocycles. The van der Waals surface area contributed by atoms with Crippen LogP contribution in [0.25, 0.3) is 6.08 Å². The lowest BCUT2D eigenvalue weighted by molar-refractivity contribution is -0.142. The lowest BCUT2D eigenvalue weighted by Gasteiger charge is -2.06. The Bertz CT molecular complexity index is 682. The molecule has 0 aliphatic rings. The highest BCUT2D eigenvalue weighted by Crippen LogP contribution is 2.16. The first-order valence-corrected chi connectivity index (χ1v) is 7.17. The second-order valence-electron chi connectivity index (χ2n) is 4.20. The summed E-state index contributed by atoms with van der Waals surface area (Å²) in [7, 11) is -4.59. The van der Waals surface area contributed by atoms with Crippen LogP contribution < -0.4 is 4.18 Å². The lowest BCUT2D eigenvalue weighted by atomic mass is 10.1. The van der Waals surface area contributed by atoms with Crippen molar-refractivity contribution in [1.29, 1.82) is 5.26 Å². The molecule has 112 valence electrons. The quantitative estimate of drug-likeness (QED) is 0.381. The van der Waals surface area contributed by atoms with Gasteiger partial charge in [-0.1, -0.05) is 12.1 Å². The Morgan fingerprint density at radius 1 is 1.33 bits per heavy atom. The Morgan fingerprint density at radius 2 is 1.90 bits per heavy atom. The van der Waals surface area contributed by atoms with Crippen molar-refractivity contribution in [3.63, 3.8) is 0 Å². The van der Waals surface area contributed by atoms with E-state index in [1.165, 1.54) is 30.3 Å². The number of carbonyl (C=O) groups is 1. The first-order valence-electron chi connectivity index (χ1n) is 5.81. The van der Waals surface area contributed by atoms with Gasteiger partial charge in [-0.15, -0.1) is 0 Å². The van der Waals surface area contributed by atoms with Crippen LogP contribution in [0.5, 0.6) is 5.75 Å². The van der Waals surface area contributed by atoms with Gasteiger partial charge in [0.05, 0.1) is 6.10 Å². The average Bonchev–Trinajstić information content (AvgIpc) is 2.35. The van der Waals surface area contributed by atoms with E-state index in [1.54, 1.807) is 19.9 Å². The molecule has 0 amide bonds. The Morgan fingerprint density at radius 3 is 2.33 bits per heavy atom. The molecule has 0 saturated heterocycles. The zero-order chi connectivity index (χ0) is 16.0. The summed E-state index contributed by atoms with van der Waals surface area (Å²) in [6, 6.07) is 7.09. The molecule has 1 aromatic rings. The molecule has 1 rings (SSSR count). The minimum absolute atomic E-state index is 0.0992. The number of nitriles is 1. The third kappa shape index (κ3) is 6.07. The van der Waals surface area contributed by atoms with Gasteiger partial charge in [-0.3, -0.25) is 4.55 Å². The molecule has 8 heteroatoms. The molecule has 0 radical (unpaired) electrons. The minimum Gasteiger partial charge on any atom is -0.459 e. The first kappa shape index (κ1) is 16.7. The fourth-order valence-corrected chi connectivity index (χ4v) is 1.68. The summed E-state index contributed by atoms with van der Waals surface area (Å²) < 4.78 is 38.7. The van der Waals surface area contributed by atoms with Crippen molar-refractivity contribution in [3.05, 3.63) is 35.4 Å². The maximum Gasteiger partial charge on any atom is 0.446 e. The van der Waals surface area contributed by atoms with E-state index in [9.17, 15) is 13.2 Å².